The number of aryl methyl sites for hydroxylation is 2. The number of pyridine rings is 2. The molecule has 8 nitrogen and oxygen atoms in total. The van der Waals surface area contributed by atoms with Crippen LogP contribution in [0.25, 0.3) is 22.3 Å². The standard InChI is InChI=1S/C29H36N6O2/c1-7-9-12-30-20-14-25(33-28(15-20)37-6)26-16-23(22-13-19(3)10-11-24(22)32-26)29(36)34(4)18-21-17-31-27(8-2)35(21)5/h10-11,13-17H,7-9,12,18H2,1-6H3,(H,30,33). The molecule has 8 heteroatoms. The molecule has 0 saturated carbocycles. The van der Waals surface area contributed by atoms with Crippen LogP contribution in [-0.2, 0) is 20.0 Å². The summed E-state index contributed by atoms with van der Waals surface area (Å²) in [5.74, 6) is 1.41. The largest absolute Gasteiger partial charge is 0.481 e. The molecule has 0 atom stereocenters. The highest BCUT2D eigenvalue weighted by Gasteiger charge is 2.20. The van der Waals surface area contributed by atoms with Crippen molar-refractivity contribution in [3.8, 4) is 17.3 Å². The molecule has 0 fully saturated rings. The molecule has 0 radical (unpaired) electrons. The fourth-order valence-electron chi connectivity index (χ4n) is 4.38. The van der Waals surface area contributed by atoms with Crippen molar-refractivity contribution >= 4 is 22.5 Å². The second kappa shape index (κ2) is 11.4. The number of carbonyl (C=O) groups excluding carboxylic acids is 1. The zero-order valence-corrected chi connectivity index (χ0v) is 22.6. The molecule has 0 aliphatic heterocycles. The quantitative estimate of drug-likeness (QED) is 0.294. The van der Waals surface area contributed by atoms with Gasteiger partial charge in [0.05, 0.1) is 48.0 Å². The fourth-order valence-corrected chi connectivity index (χ4v) is 4.38. The highest BCUT2D eigenvalue weighted by Crippen LogP contribution is 2.29. The van der Waals surface area contributed by atoms with Gasteiger partial charge in [-0.15, -0.1) is 0 Å². The minimum atomic E-state index is -0.0808. The summed E-state index contributed by atoms with van der Waals surface area (Å²) < 4.78 is 7.52. The van der Waals surface area contributed by atoms with Crippen LogP contribution >= 0.6 is 0 Å². The second-order valence-corrected chi connectivity index (χ2v) is 9.38. The number of hydrogen-bond donors (Lipinski definition) is 1. The molecule has 1 aromatic carbocycles. The van der Waals surface area contributed by atoms with Crippen molar-refractivity contribution in [3.05, 3.63) is 65.2 Å². The van der Waals surface area contributed by atoms with Crippen LogP contribution in [0.3, 0.4) is 0 Å². The average molecular weight is 501 g/mol. The summed E-state index contributed by atoms with van der Waals surface area (Å²) in [7, 11) is 5.41. The van der Waals surface area contributed by atoms with Crippen LogP contribution in [0.15, 0.2) is 42.6 Å². The molecular weight excluding hydrogens is 464 g/mol. The Labute approximate surface area is 218 Å². The number of imidazole rings is 1. The van der Waals surface area contributed by atoms with E-state index in [1.54, 1.807) is 12.0 Å². The van der Waals surface area contributed by atoms with Gasteiger partial charge >= 0.3 is 0 Å². The predicted molar refractivity (Wildman–Crippen MR) is 148 cm³/mol. The van der Waals surface area contributed by atoms with E-state index in [0.717, 1.165) is 59.5 Å². The van der Waals surface area contributed by atoms with Gasteiger partial charge in [0, 0.05) is 44.2 Å². The zero-order chi connectivity index (χ0) is 26.5. The van der Waals surface area contributed by atoms with Gasteiger partial charge < -0.3 is 19.5 Å². The van der Waals surface area contributed by atoms with Crippen molar-refractivity contribution in [2.75, 3.05) is 26.0 Å². The average Bonchev–Trinajstić information content (AvgIpc) is 3.26. The Bertz CT molecular complexity index is 1410. The summed E-state index contributed by atoms with van der Waals surface area (Å²) in [4.78, 5) is 29.6. The van der Waals surface area contributed by atoms with E-state index < -0.39 is 0 Å². The summed E-state index contributed by atoms with van der Waals surface area (Å²) in [6.07, 6.45) is 4.85. The zero-order valence-electron chi connectivity index (χ0n) is 22.6. The Morgan fingerprint density at radius 3 is 2.59 bits per heavy atom. The molecular formula is C29H36N6O2. The monoisotopic (exact) mass is 500 g/mol. The number of nitrogens with one attached hydrogen (secondary N) is 1. The molecule has 3 heterocycles. The Kier molecular flexibility index (Phi) is 8.06. The molecule has 37 heavy (non-hydrogen) atoms. The fraction of sp³-hybridized carbons (Fsp3) is 0.379. The van der Waals surface area contributed by atoms with E-state index in [-0.39, 0.29) is 5.91 Å². The lowest BCUT2D eigenvalue weighted by Crippen LogP contribution is -2.27. The van der Waals surface area contributed by atoms with Gasteiger partial charge in [-0.05, 0) is 37.6 Å². The first kappa shape index (κ1) is 26.1. The van der Waals surface area contributed by atoms with Gasteiger partial charge in [0.1, 0.15) is 5.82 Å². The van der Waals surface area contributed by atoms with Gasteiger partial charge in [-0.25, -0.2) is 15.0 Å². The van der Waals surface area contributed by atoms with E-state index in [2.05, 4.69) is 33.7 Å². The third kappa shape index (κ3) is 5.74. The molecule has 1 amide bonds. The van der Waals surface area contributed by atoms with E-state index in [4.69, 9.17) is 9.72 Å². The smallest absolute Gasteiger partial charge is 0.254 e. The number of methoxy groups -OCH3 is 1. The summed E-state index contributed by atoms with van der Waals surface area (Å²) in [6, 6.07) is 11.7. The van der Waals surface area contributed by atoms with E-state index in [1.807, 2.05) is 63.6 Å². The number of rotatable bonds is 10. The van der Waals surface area contributed by atoms with Crippen LogP contribution < -0.4 is 10.1 Å². The van der Waals surface area contributed by atoms with Gasteiger partial charge in [0.25, 0.3) is 5.91 Å². The first-order chi connectivity index (χ1) is 17.8. The summed E-state index contributed by atoms with van der Waals surface area (Å²) >= 11 is 0. The number of nitrogens with zero attached hydrogens (tertiary/aromatic N) is 5. The van der Waals surface area contributed by atoms with Gasteiger partial charge in [0.2, 0.25) is 5.88 Å². The second-order valence-electron chi connectivity index (χ2n) is 9.38. The molecule has 1 N–H and O–H groups in total. The maximum atomic E-state index is 13.8. The Morgan fingerprint density at radius 2 is 1.89 bits per heavy atom. The number of aromatic nitrogens is 4. The first-order valence-corrected chi connectivity index (χ1v) is 12.8. The van der Waals surface area contributed by atoms with E-state index in [9.17, 15) is 4.79 Å². The van der Waals surface area contributed by atoms with Crippen molar-refractivity contribution < 1.29 is 9.53 Å². The number of anilines is 1. The molecule has 194 valence electrons. The van der Waals surface area contributed by atoms with Gasteiger partial charge in [-0.3, -0.25) is 4.79 Å². The maximum absolute atomic E-state index is 13.8. The van der Waals surface area contributed by atoms with Crippen molar-refractivity contribution in [1.82, 2.24) is 24.4 Å². The van der Waals surface area contributed by atoms with Gasteiger partial charge in [-0.1, -0.05) is 31.9 Å². The van der Waals surface area contributed by atoms with E-state index in [0.29, 0.717) is 29.4 Å². The SMILES string of the molecule is CCCCNc1cc(OC)nc(-c2cc(C(=O)N(C)Cc3cnc(CC)n3C)c3cc(C)ccc3n2)c1. The molecule has 0 saturated heterocycles. The highest BCUT2D eigenvalue weighted by molar-refractivity contribution is 6.07. The number of hydrogen-bond acceptors (Lipinski definition) is 6. The van der Waals surface area contributed by atoms with Crippen LogP contribution in [0, 0.1) is 6.92 Å². The number of fused-ring (bicyclic) bond motifs is 1. The molecule has 0 bridgehead atoms. The Balaban J connectivity index is 1.76. The molecule has 4 rings (SSSR count). The number of carbonyl (C=O) groups is 1. The predicted octanol–water partition coefficient (Wildman–Crippen LogP) is 5.39. The van der Waals surface area contributed by atoms with Crippen molar-refractivity contribution in [2.24, 2.45) is 7.05 Å². The number of amides is 1. The number of ether oxygens (including phenoxy) is 1. The number of benzene rings is 1. The molecule has 0 aliphatic carbocycles. The van der Waals surface area contributed by atoms with Crippen molar-refractivity contribution in [3.63, 3.8) is 0 Å². The molecule has 4 aromatic rings. The molecule has 0 unspecified atom stereocenters. The van der Waals surface area contributed by atoms with Crippen LogP contribution in [-0.4, -0.2) is 51.0 Å². The lowest BCUT2D eigenvalue weighted by atomic mass is 10.0. The van der Waals surface area contributed by atoms with Crippen LogP contribution in [0.2, 0.25) is 0 Å². The van der Waals surface area contributed by atoms with Crippen LogP contribution in [0.4, 0.5) is 5.69 Å². The van der Waals surface area contributed by atoms with Gasteiger partial charge in [0.15, 0.2) is 0 Å². The van der Waals surface area contributed by atoms with E-state index in [1.165, 1.54) is 0 Å². The molecule has 0 spiro atoms. The minimum absolute atomic E-state index is 0.0808. The van der Waals surface area contributed by atoms with Crippen molar-refractivity contribution in [1.29, 1.82) is 0 Å². The minimum Gasteiger partial charge on any atom is -0.481 e. The maximum Gasteiger partial charge on any atom is 0.254 e. The lowest BCUT2D eigenvalue weighted by molar-refractivity contribution is 0.0784. The lowest BCUT2D eigenvalue weighted by Gasteiger charge is -2.19. The third-order valence-corrected chi connectivity index (χ3v) is 6.57. The van der Waals surface area contributed by atoms with Crippen LogP contribution in [0.1, 0.15) is 54.1 Å². The molecule has 0 aliphatic rings. The summed E-state index contributed by atoms with van der Waals surface area (Å²) in [6.45, 7) is 7.57. The van der Waals surface area contributed by atoms with Crippen LogP contribution in [0.5, 0.6) is 5.88 Å². The Hall–Kier alpha value is -3.94. The van der Waals surface area contributed by atoms with Gasteiger partial charge in [-0.2, -0.15) is 0 Å². The van der Waals surface area contributed by atoms with Crippen molar-refractivity contribution in [2.45, 2.75) is 46.6 Å². The Morgan fingerprint density at radius 1 is 1.11 bits per heavy atom. The summed E-state index contributed by atoms with van der Waals surface area (Å²) in [5.41, 5.74) is 5.58. The summed E-state index contributed by atoms with van der Waals surface area (Å²) in [5, 5.41) is 4.26. The number of unbranched alkanes of at least 4 members (excludes halogenated alkanes) is 1. The van der Waals surface area contributed by atoms with E-state index >= 15 is 0 Å². The topological polar surface area (TPSA) is 85.2 Å². The molecule has 3 aromatic heterocycles. The first-order valence-electron chi connectivity index (χ1n) is 12.8. The third-order valence-electron chi connectivity index (χ3n) is 6.57. The normalized spacial score (nSPS) is 11.1. The highest BCUT2D eigenvalue weighted by atomic mass is 16.5.